The summed E-state index contributed by atoms with van der Waals surface area (Å²) in [5.41, 5.74) is 0.859. The van der Waals surface area contributed by atoms with Gasteiger partial charge in [0, 0.05) is 11.3 Å². The van der Waals surface area contributed by atoms with Crippen molar-refractivity contribution in [2.45, 2.75) is 38.8 Å². The summed E-state index contributed by atoms with van der Waals surface area (Å²) in [5, 5.41) is 11.9. The number of hydrogen-bond donors (Lipinski definition) is 2. The summed E-state index contributed by atoms with van der Waals surface area (Å²) in [5.74, 6) is -1.51. The highest BCUT2D eigenvalue weighted by Crippen LogP contribution is 2.27. The van der Waals surface area contributed by atoms with Crippen LogP contribution in [0.1, 0.15) is 25.8 Å². The Balaban J connectivity index is 3.02. The lowest BCUT2D eigenvalue weighted by molar-refractivity contribution is -0.147. The number of carbonyl (C=O) groups is 2. The van der Waals surface area contributed by atoms with E-state index >= 15 is 0 Å². The van der Waals surface area contributed by atoms with Gasteiger partial charge in [0.05, 0.1) is 7.11 Å². The van der Waals surface area contributed by atoms with Crippen LogP contribution in [-0.4, -0.2) is 47.7 Å². The molecule has 0 saturated carbocycles. The SMILES string of the molecule is CON([C@@H](Cc1ccccc1)C(=O)N[C@@H](CC(C)C)C(=O)O)[P+](C)=O. The molecule has 0 spiro atoms. The third-order valence-electron chi connectivity index (χ3n) is 3.63. The summed E-state index contributed by atoms with van der Waals surface area (Å²) >= 11 is 0. The molecule has 0 aromatic heterocycles. The van der Waals surface area contributed by atoms with Gasteiger partial charge in [0.25, 0.3) is 0 Å². The van der Waals surface area contributed by atoms with Gasteiger partial charge < -0.3 is 10.4 Å². The number of aliphatic carboxylic acids is 1. The fourth-order valence-electron chi connectivity index (χ4n) is 2.51. The average Bonchev–Trinajstić information content (AvgIpc) is 2.54. The molecular formula is C17H26N2O5P+. The molecule has 8 heteroatoms. The van der Waals surface area contributed by atoms with Crippen LogP contribution in [0.15, 0.2) is 30.3 Å². The number of nitrogens with one attached hydrogen (secondary N) is 1. The Morgan fingerprint density at radius 3 is 2.32 bits per heavy atom. The molecule has 0 fully saturated rings. The van der Waals surface area contributed by atoms with Crippen LogP contribution >= 0.6 is 7.95 Å². The zero-order valence-corrected chi connectivity index (χ0v) is 15.9. The monoisotopic (exact) mass is 369 g/mol. The Hall–Kier alpha value is -1.82. The second kappa shape index (κ2) is 10.2. The Bertz CT molecular complexity index is 594. The lowest BCUT2D eigenvalue weighted by Crippen LogP contribution is -2.51. The lowest BCUT2D eigenvalue weighted by Gasteiger charge is -2.23. The minimum atomic E-state index is -1.94. The van der Waals surface area contributed by atoms with Crippen LogP contribution in [-0.2, 0) is 25.4 Å². The van der Waals surface area contributed by atoms with E-state index in [1.165, 1.54) is 13.8 Å². The maximum Gasteiger partial charge on any atom is 0.457 e. The molecule has 0 aliphatic rings. The minimum Gasteiger partial charge on any atom is -0.480 e. The number of amides is 1. The van der Waals surface area contributed by atoms with Crippen molar-refractivity contribution in [1.82, 2.24) is 10.2 Å². The second-order valence-corrected chi connectivity index (χ2v) is 7.51. The van der Waals surface area contributed by atoms with Gasteiger partial charge in [-0.3, -0.25) is 9.63 Å². The molecule has 2 N–H and O–H groups in total. The van der Waals surface area contributed by atoms with E-state index in [1.54, 1.807) is 0 Å². The van der Waals surface area contributed by atoms with Crippen LogP contribution in [0.4, 0.5) is 0 Å². The Labute approximate surface area is 149 Å². The van der Waals surface area contributed by atoms with E-state index in [-0.39, 0.29) is 12.3 Å². The Morgan fingerprint density at radius 1 is 1.28 bits per heavy atom. The molecule has 0 aliphatic carbocycles. The van der Waals surface area contributed by atoms with Crippen LogP contribution in [0.25, 0.3) is 0 Å². The van der Waals surface area contributed by atoms with Gasteiger partial charge in [-0.15, -0.1) is 0 Å². The number of rotatable bonds is 10. The number of nitrogens with zero attached hydrogens (tertiary/aromatic N) is 1. The Kier molecular flexibility index (Phi) is 8.69. The largest absolute Gasteiger partial charge is 0.480 e. The molecule has 1 unspecified atom stereocenters. The van der Waals surface area contributed by atoms with Crippen molar-refractivity contribution in [3.63, 3.8) is 0 Å². The first kappa shape index (κ1) is 21.2. The van der Waals surface area contributed by atoms with Crippen LogP contribution in [0.2, 0.25) is 0 Å². The van der Waals surface area contributed by atoms with Gasteiger partial charge in [0.2, 0.25) is 5.91 Å². The third-order valence-corrected chi connectivity index (χ3v) is 4.62. The van der Waals surface area contributed by atoms with Crippen molar-refractivity contribution in [3.05, 3.63) is 35.9 Å². The Morgan fingerprint density at radius 2 is 1.88 bits per heavy atom. The molecule has 1 aromatic carbocycles. The van der Waals surface area contributed by atoms with Gasteiger partial charge >= 0.3 is 13.9 Å². The van der Waals surface area contributed by atoms with Gasteiger partial charge in [-0.1, -0.05) is 44.2 Å². The van der Waals surface area contributed by atoms with Gasteiger partial charge in [-0.2, -0.15) is 0 Å². The van der Waals surface area contributed by atoms with E-state index in [4.69, 9.17) is 4.84 Å². The van der Waals surface area contributed by atoms with Crippen LogP contribution < -0.4 is 5.32 Å². The van der Waals surface area contributed by atoms with Crippen molar-refractivity contribution in [2.24, 2.45) is 5.92 Å². The van der Waals surface area contributed by atoms with Crippen LogP contribution in [0.3, 0.4) is 0 Å². The normalized spacial score (nSPS) is 14.2. The summed E-state index contributed by atoms with van der Waals surface area (Å²) in [6.45, 7) is 5.20. The number of hydrogen-bond acceptors (Lipinski definition) is 4. The lowest BCUT2D eigenvalue weighted by atomic mass is 10.0. The predicted octanol–water partition coefficient (Wildman–Crippen LogP) is 2.45. The summed E-state index contributed by atoms with van der Waals surface area (Å²) in [6, 6.07) is 7.34. The van der Waals surface area contributed by atoms with Crippen molar-refractivity contribution in [3.8, 4) is 0 Å². The molecule has 0 aliphatic heterocycles. The molecule has 25 heavy (non-hydrogen) atoms. The smallest absolute Gasteiger partial charge is 0.457 e. The molecular weight excluding hydrogens is 343 g/mol. The predicted molar refractivity (Wildman–Crippen MR) is 95.3 cm³/mol. The van der Waals surface area contributed by atoms with Crippen molar-refractivity contribution in [1.29, 1.82) is 0 Å². The van der Waals surface area contributed by atoms with Crippen LogP contribution in [0.5, 0.6) is 0 Å². The molecule has 1 rings (SSSR count). The molecule has 1 amide bonds. The fraction of sp³-hybridized carbons (Fsp3) is 0.529. The highest BCUT2D eigenvalue weighted by Gasteiger charge is 2.39. The van der Waals surface area contributed by atoms with E-state index < -0.39 is 31.9 Å². The third kappa shape index (κ3) is 6.90. The first-order chi connectivity index (χ1) is 11.8. The number of benzene rings is 1. The zero-order chi connectivity index (χ0) is 19.0. The van der Waals surface area contributed by atoms with Crippen molar-refractivity contribution in [2.75, 3.05) is 13.8 Å². The summed E-state index contributed by atoms with van der Waals surface area (Å²) in [4.78, 5) is 30.4. The summed E-state index contributed by atoms with van der Waals surface area (Å²) < 4.78 is 12.0. The molecule has 7 nitrogen and oxygen atoms in total. The first-order valence-electron chi connectivity index (χ1n) is 8.07. The highest BCUT2D eigenvalue weighted by molar-refractivity contribution is 7.40. The van der Waals surface area contributed by atoms with E-state index in [2.05, 4.69) is 5.32 Å². The topological polar surface area (TPSA) is 95.9 Å². The standard InChI is InChI=1S/C17H25N2O5P/c1-12(2)10-14(17(21)22)18-16(20)15(19(24-3)25(4)23)11-13-8-6-5-7-9-13/h5-9,12,14-15H,10-11H2,1-4H3,(H-,18,20,21,22)/p+1/t14-,15-/m0/s1. The average molecular weight is 369 g/mol. The highest BCUT2D eigenvalue weighted by atomic mass is 31.1. The minimum absolute atomic E-state index is 0.107. The maximum absolute atomic E-state index is 12.7. The number of carboxylic acid groups (broad SMARTS) is 1. The molecule has 0 radical (unpaired) electrons. The fourth-order valence-corrected chi connectivity index (χ4v) is 3.32. The van der Waals surface area contributed by atoms with Crippen molar-refractivity contribution < 1.29 is 24.1 Å². The molecule has 0 saturated heterocycles. The first-order valence-corrected chi connectivity index (χ1v) is 9.73. The van der Waals surface area contributed by atoms with Crippen LogP contribution in [0, 0.1) is 5.92 Å². The quantitative estimate of drug-likeness (QED) is 0.486. The molecule has 1 aromatic rings. The molecule has 0 heterocycles. The van der Waals surface area contributed by atoms with E-state index in [0.29, 0.717) is 6.42 Å². The zero-order valence-electron chi connectivity index (χ0n) is 15.0. The van der Waals surface area contributed by atoms with Gasteiger partial charge in [0.15, 0.2) is 12.7 Å². The second-order valence-electron chi connectivity index (χ2n) is 6.18. The maximum atomic E-state index is 12.7. The van der Waals surface area contributed by atoms with Gasteiger partial charge in [0.1, 0.15) is 6.04 Å². The number of carboxylic acids is 1. The number of carbonyl (C=O) groups excluding carboxylic acids is 1. The van der Waals surface area contributed by atoms with Gasteiger partial charge in [-0.25, -0.2) is 4.79 Å². The molecule has 138 valence electrons. The van der Waals surface area contributed by atoms with E-state index in [9.17, 15) is 19.3 Å². The molecule has 3 atom stereocenters. The summed E-state index contributed by atoms with van der Waals surface area (Å²) in [7, 11) is -0.598. The number of hydroxylamine groups is 1. The molecule has 0 bridgehead atoms. The van der Waals surface area contributed by atoms with Gasteiger partial charge in [-0.05, 0) is 22.5 Å². The van der Waals surface area contributed by atoms with E-state index in [0.717, 1.165) is 10.4 Å². The summed E-state index contributed by atoms with van der Waals surface area (Å²) in [6.07, 6.45) is 0.563. The van der Waals surface area contributed by atoms with Crippen molar-refractivity contribution >= 4 is 19.8 Å². The van der Waals surface area contributed by atoms with E-state index in [1.807, 2.05) is 44.2 Å².